The number of ether oxygens (including phenoxy) is 2. The van der Waals surface area contributed by atoms with Gasteiger partial charge < -0.3 is 14.8 Å². The van der Waals surface area contributed by atoms with E-state index < -0.39 is 11.2 Å². The maximum absolute atomic E-state index is 13.1. The number of rotatable bonds is 9. The molecule has 37 heavy (non-hydrogen) atoms. The first-order chi connectivity index (χ1) is 17.9. The molecule has 196 valence electrons. The third-order valence-corrected chi connectivity index (χ3v) is 8.97. The van der Waals surface area contributed by atoms with Crippen LogP contribution in [0.1, 0.15) is 64.3 Å². The molecule has 3 aromatic rings. The fourth-order valence-electron chi connectivity index (χ4n) is 3.91. The van der Waals surface area contributed by atoms with E-state index in [4.69, 9.17) is 9.47 Å². The average Bonchev–Trinajstić information content (AvgIpc) is 3.39. The summed E-state index contributed by atoms with van der Waals surface area (Å²) in [7, 11) is 1.54. The molecule has 0 bridgehead atoms. The Morgan fingerprint density at radius 2 is 1.92 bits per heavy atom. The van der Waals surface area contributed by atoms with Crippen molar-refractivity contribution < 1.29 is 23.9 Å². The average molecular weight is 561 g/mol. The molecular formula is C25H28N4O5S3. The Morgan fingerprint density at radius 3 is 2.70 bits per heavy atom. The van der Waals surface area contributed by atoms with Crippen molar-refractivity contribution in [3.05, 3.63) is 45.8 Å². The lowest BCUT2D eigenvalue weighted by molar-refractivity contribution is -0.115. The predicted molar refractivity (Wildman–Crippen MR) is 146 cm³/mol. The molecule has 0 saturated carbocycles. The topological polar surface area (TPSA) is 120 Å². The van der Waals surface area contributed by atoms with Gasteiger partial charge in [-0.2, -0.15) is 0 Å². The Labute approximate surface area is 227 Å². The van der Waals surface area contributed by atoms with Gasteiger partial charge in [-0.05, 0) is 63.3 Å². The SMILES string of the molecule is CCOC(=O)c1c(NC(=O)C(C)Sc2nnc(NC(=O)c3cccc(OC)c3)s2)sc2c1CCCCC2. The van der Waals surface area contributed by atoms with Crippen LogP contribution in [0.15, 0.2) is 28.6 Å². The van der Waals surface area contributed by atoms with Crippen LogP contribution in [0.5, 0.6) is 5.75 Å². The standard InChI is InChI=1S/C25H28N4O5S3/c1-4-34-23(32)19-17-11-6-5-7-12-18(17)36-22(19)26-20(30)14(2)35-25-29-28-24(37-25)27-21(31)15-9-8-10-16(13-15)33-3/h8-10,13-14H,4-7,11-12H2,1-3H3,(H,26,30)(H,27,28,31). The molecule has 0 radical (unpaired) electrons. The Bertz CT molecular complexity index is 1290. The second-order valence-corrected chi connectivity index (χ2v) is 12.0. The van der Waals surface area contributed by atoms with Crippen molar-refractivity contribution in [3.8, 4) is 5.75 Å². The van der Waals surface area contributed by atoms with E-state index in [0.29, 0.717) is 31.3 Å². The van der Waals surface area contributed by atoms with Gasteiger partial charge in [-0.15, -0.1) is 21.5 Å². The van der Waals surface area contributed by atoms with Crippen LogP contribution in [-0.2, 0) is 22.4 Å². The molecule has 0 saturated heterocycles. The maximum Gasteiger partial charge on any atom is 0.341 e. The molecule has 0 spiro atoms. The van der Waals surface area contributed by atoms with Gasteiger partial charge in [0, 0.05) is 10.4 Å². The summed E-state index contributed by atoms with van der Waals surface area (Å²) in [5, 5.41) is 14.2. The molecule has 9 nitrogen and oxygen atoms in total. The number of thiophene rings is 1. The number of hydrogen-bond acceptors (Lipinski definition) is 10. The first-order valence-electron chi connectivity index (χ1n) is 12.0. The number of aromatic nitrogens is 2. The van der Waals surface area contributed by atoms with Gasteiger partial charge in [-0.1, -0.05) is 35.6 Å². The summed E-state index contributed by atoms with van der Waals surface area (Å²) in [6.07, 6.45) is 4.94. The van der Waals surface area contributed by atoms with E-state index in [-0.39, 0.29) is 18.4 Å². The summed E-state index contributed by atoms with van der Waals surface area (Å²) in [6.45, 7) is 3.81. The molecule has 0 aliphatic heterocycles. The first kappa shape index (κ1) is 27.1. The quantitative estimate of drug-likeness (QED) is 0.154. The molecule has 0 fully saturated rings. The molecule has 1 atom stereocenters. The number of aryl methyl sites for hydroxylation is 1. The molecule has 1 unspecified atom stereocenters. The minimum Gasteiger partial charge on any atom is -0.497 e. The molecule has 1 aliphatic rings. The summed E-state index contributed by atoms with van der Waals surface area (Å²) in [4.78, 5) is 39.5. The number of anilines is 2. The fraction of sp³-hybridized carbons (Fsp3) is 0.400. The highest BCUT2D eigenvalue weighted by molar-refractivity contribution is 8.02. The van der Waals surface area contributed by atoms with Crippen molar-refractivity contribution in [1.82, 2.24) is 10.2 Å². The van der Waals surface area contributed by atoms with Crippen LogP contribution in [0.25, 0.3) is 0 Å². The molecule has 2 N–H and O–H groups in total. The number of carbonyl (C=O) groups is 3. The fourth-order valence-corrected chi connectivity index (χ4v) is 7.08. The van der Waals surface area contributed by atoms with Crippen LogP contribution in [0.2, 0.25) is 0 Å². The summed E-state index contributed by atoms with van der Waals surface area (Å²) in [6, 6.07) is 6.79. The Hall–Kier alpha value is -2.96. The molecule has 2 aromatic heterocycles. The van der Waals surface area contributed by atoms with E-state index in [2.05, 4.69) is 20.8 Å². The van der Waals surface area contributed by atoms with Crippen molar-refractivity contribution in [2.24, 2.45) is 0 Å². The third-order valence-electron chi connectivity index (χ3n) is 5.74. The second-order valence-electron chi connectivity index (χ2n) is 8.30. The minimum absolute atomic E-state index is 0.246. The molecule has 2 amide bonds. The zero-order valence-corrected chi connectivity index (χ0v) is 23.2. The van der Waals surface area contributed by atoms with Gasteiger partial charge in [0.15, 0.2) is 4.34 Å². The maximum atomic E-state index is 13.1. The van der Waals surface area contributed by atoms with Gasteiger partial charge in [0.2, 0.25) is 11.0 Å². The molecule has 2 heterocycles. The van der Waals surface area contributed by atoms with E-state index >= 15 is 0 Å². The summed E-state index contributed by atoms with van der Waals surface area (Å²) >= 11 is 3.89. The Kier molecular flexibility index (Phi) is 9.17. The zero-order valence-electron chi connectivity index (χ0n) is 20.8. The van der Waals surface area contributed by atoms with Crippen molar-refractivity contribution >= 4 is 62.4 Å². The van der Waals surface area contributed by atoms with Crippen LogP contribution in [0.4, 0.5) is 10.1 Å². The number of nitrogens with zero attached hydrogens (tertiary/aromatic N) is 2. The second kappa shape index (κ2) is 12.5. The normalized spacial score (nSPS) is 13.7. The number of nitrogens with one attached hydrogen (secondary N) is 2. The number of hydrogen-bond donors (Lipinski definition) is 2. The van der Waals surface area contributed by atoms with Crippen LogP contribution >= 0.6 is 34.4 Å². The lowest BCUT2D eigenvalue weighted by Crippen LogP contribution is -2.23. The largest absolute Gasteiger partial charge is 0.497 e. The number of benzene rings is 1. The van der Waals surface area contributed by atoms with Gasteiger partial charge in [-0.25, -0.2) is 4.79 Å². The summed E-state index contributed by atoms with van der Waals surface area (Å²) in [5.74, 6) is -0.391. The number of esters is 1. The van der Waals surface area contributed by atoms with Crippen molar-refractivity contribution in [2.75, 3.05) is 24.4 Å². The van der Waals surface area contributed by atoms with Crippen LogP contribution in [-0.4, -0.2) is 46.9 Å². The number of methoxy groups -OCH3 is 1. The molecule has 1 aromatic carbocycles. The summed E-state index contributed by atoms with van der Waals surface area (Å²) < 4.78 is 11.0. The Morgan fingerprint density at radius 1 is 1.11 bits per heavy atom. The zero-order chi connectivity index (χ0) is 26.4. The highest BCUT2D eigenvalue weighted by atomic mass is 32.2. The third kappa shape index (κ3) is 6.68. The van der Waals surface area contributed by atoms with Crippen LogP contribution in [0, 0.1) is 0 Å². The van der Waals surface area contributed by atoms with E-state index in [9.17, 15) is 14.4 Å². The van der Waals surface area contributed by atoms with Gasteiger partial charge in [0.05, 0.1) is 24.5 Å². The van der Waals surface area contributed by atoms with Crippen molar-refractivity contribution in [1.29, 1.82) is 0 Å². The lowest BCUT2D eigenvalue weighted by atomic mass is 10.1. The minimum atomic E-state index is -0.508. The number of amides is 2. The highest BCUT2D eigenvalue weighted by Crippen LogP contribution is 2.39. The van der Waals surface area contributed by atoms with E-state index in [1.807, 2.05) is 0 Å². The predicted octanol–water partition coefficient (Wildman–Crippen LogP) is 5.43. The number of carbonyl (C=O) groups excluding carboxylic acids is 3. The van der Waals surface area contributed by atoms with Crippen LogP contribution < -0.4 is 15.4 Å². The lowest BCUT2D eigenvalue weighted by Gasteiger charge is -2.11. The van der Waals surface area contributed by atoms with Gasteiger partial charge in [0.25, 0.3) is 5.91 Å². The van der Waals surface area contributed by atoms with E-state index in [0.717, 1.165) is 42.5 Å². The molecule has 12 heteroatoms. The monoisotopic (exact) mass is 560 g/mol. The van der Waals surface area contributed by atoms with Gasteiger partial charge in [0.1, 0.15) is 10.8 Å². The van der Waals surface area contributed by atoms with Crippen molar-refractivity contribution in [2.45, 2.75) is 55.5 Å². The number of fused-ring (bicyclic) bond motifs is 1. The van der Waals surface area contributed by atoms with Crippen LogP contribution in [0.3, 0.4) is 0 Å². The van der Waals surface area contributed by atoms with Gasteiger partial charge in [-0.3, -0.25) is 14.9 Å². The summed E-state index contributed by atoms with van der Waals surface area (Å²) in [5.41, 5.74) is 1.94. The first-order valence-corrected chi connectivity index (χ1v) is 14.5. The highest BCUT2D eigenvalue weighted by Gasteiger charge is 2.28. The smallest absolute Gasteiger partial charge is 0.341 e. The molecular weight excluding hydrogens is 532 g/mol. The van der Waals surface area contributed by atoms with Gasteiger partial charge >= 0.3 is 5.97 Å². The Balaban J connectivity index is 1.41. The molecule has 1 aliphatic carbocycles. The van der Waals surface area contributed by atoms with Crippen molar-refractivity contribution in [3.63, 3.8) is 0 Å². The molecule has 4 rings (SSSR count). The van der Waals surface area contributed by atoms with E-state index in [1.54, 1.807) is 38.1 Å². The number of thioether (sulfide) groups is 1. The van der Waals surface area contributed by atoms with E-state index in [1.165, 1.54) is 41.5 Å².